The molecule has 0 bridgehead atoms. The van der Waals surface area contributed by atoms with Crippen molar-refractivity contribution in [2.45, 2.75) is 6.54 Å². The maximum absolute atomic E-state index is 10.7. The number of imidazole rings is 1. The highest BCUT2D eigenvalue weighted by molar-refractivity contribution is 6.35. The Bertz CT molecular complexity index is 877. The van der Waals surface area contributed by atoms with Gasteiger partial charge in [0.2, 0.25) is 0 Å². The summed E-state index contributed by atoms with van der Waals surface area (Å²) < 4.78 is 7.22. The molecule has 1 heterocycles. The average molecular weight is 351 g/mol. The first-order valence-corrected chi connectivity index (χ1v) is 7.52. The summed E-state index contributed by atoms with van der Waals surface area (Å²) >= 11 is 12.1. The van der Waals surface area contributed by atoms with Crippen molar-refractivity contribution in [3.8, 4) is 5.75 Å². The number of fused-ring (bicyclic) bond motifs is 1. The van der Waals surface area contributed by atoms with Crippen molar-refractivity contribution in [2.75, 3.05) is 6.61 Å². The number of carbonyl (C=O) groups is 1. The number of carboxylic acids is 1. The molecule has 0 radical (unpaired) electrons. The monoisotopic (exact) mass is 350 g/mol. The summed E-state index contributed by atoms with van der Waals surface area (Å²) in [6.45, 7) is 0.0614. The molecule has 118 valence electrons. The normalized spacial score (nSPS) is 10.9. The van der Waals surface area contributed by atoms with Gasteiger partial charge in [-0.3, -0.25) is 0 Å². The highest BCUT2D eigenvalue weighted by atomic mass is 35.5. The maximum Gasteiger partial charge on any atom is 0.341 e. The van der Waals surface area contributed by atoms with E-state index < -0.39 is 12.6 Å². The molecule has 0 amide bonds. The zero-order chi connectivity index (χ0) is 16.4. The van der Waals surface area contributed by atoms with Crippen molar-refractivity contribution in [1.29, 1.82) is 0 Å². The highest BCUT2D eigenvalue weighted by Crippen LogP contribution is 2.28. The van der Waals surface area contributed by atoms with E-state index in [1.54, 1.807) is 30.6 Å². The Balaban J connectivity index is 1.99. The second-order valence-electron chi connectivity index (χ2n) is 4.91. The fourth-order valence-corrected chi connectivity index (χ4v) is 2.77. The number of nitrogens with zero attached hydrogens (tertiary/aromatic N) is 2. The number of aliphatic carboxylic acids is 1. The molecule has 3 rings (SSSR count). The lowest BCUT2D eigenvalue weighted by Gasteiger charge is -2.10. The third kappa shape index (κ3) is 3.41. The molecular weight excluding hydrogens is 339 g/mol. The van der Waals surface area contributed by atoms with E-state index in [9.17, 15) is 4.79 Å². The molecule has 23 heavy (non-hydrogen) atoms. The lowest BCUT2D eigenvalue weighted by atomic mass is 10.2. The van der Waals surface area contributed by atoms with Crippen LogP contribution in [0.4, 0.5) is 0 Å². The minimum absolute atomic E-state index is 0.411. The van der Waals surface area contributed by atoms with E-state index in [1.807, 2.05) is 16.7 Å². The molecule has 7 heteroatoms. The highest BCUT2D eigenvalue weighted by Gasteiger charge is 2.12. The van der Waals surface area contributed by atoms with Crippen molar-refractivity contribution in [2.24, 2.45) is 0 Å². The molecule has 3 aromatic rings. The van der Waals surface area contributed by atoms with Crippen LogP contribution in [0.2, 0.25) is 10.0 Å². The van der Waals surface area contributed by atoms with Gasteiger partial charge in [0.1, 0.15) is 11.3 Å². The Labute approximate surface area is 142 Å². The van der Waals surface area contributed by atoms with E-state index in [1.165, 1.54) is 0 Å². The Kier molecular flexibility index (Phi) is 4.41. The van der Waals surface area contributed by atoms with Gasteiger partial charge in [-0.1, -0.05) is 35.3 Å². The molecule has 0 spiro atoms. The molecule has 0 aliphatic carbocycles. The van der Waals surface area contributed by atoms with E-state index in [0.29, 0.717) is 22.3 Å². The molecule has 0 fully saturated rings. The Hall–Kier alpha value is -2.24. The lowest BCUT2D eigenvalue weighted by molar-refractivity contribution is -0.139. The number of ether oxygens (including phenoxy) is 1. The number of hydrogen-bond donors (Lipinski definition) is 1. The first kappa shape index (κ1) is 15.6. The summed E-state index contributed by atoms with van der Waals surface area (Å²) in [5.41, 5.74) is 2.32. The summed E-state index contributed by atoms with van der Waals surface area (Å²) in [6.07, 6.45) is 1.67. The van der Waals surface area contributed by atoms with Gasteiger partial charge in [0.15, 0.2) is 6.61 Å². The van der Waals surface area contributed by atoms with Crippen LogP contribution in [-0.4, -0.2) is 27.2 Å². The lowest BCUT2D eigenvalue weighted by Crippen LogP contribution is -2.10. The van der Waals surface area contributed by atoms with E-state index >= 15 is 0 Å². The van der Waals surface area contributed by atoms with E-state index in [2.05, 4.69) is 4.98 Å². The first-order chi connectivity index (χ1) is 11.0. The minimum atomic E-state index is -1.03. The molecule has 2 aromatic carbocycles. The first-order valence-electron chi connectivity index (χ1n) is 6.77. The minimum Gasteiger partial charge on any atom is -0.480 e. The molecule has 1 N–H and O–H groups in total. The van der Waals surface area contributed by atoms with Gasteiger partial charge in [-0.05, 0) is 29.8 Å². The van der Waals surface area contributed by atoms with Gasteiger partial charge in [0.25, 0.3) is 0 Å². The number of rotatable bonds is 5. The zero-order valence-electron chi connectivity index (χ0n) is 11.9. The molecule has 1 aromatic heterocycles. The van der Waals surface area contributed by atoms with Gasteiger partial charge >= 0.3 is 5.97 Å². The molecular formula is C16H12Cl2N2O3. The maximum atomic E-state index is 10.7. The fourth-order valence-electron chi connectivity index (χ4n) is 2.30. The van der Waals surface area contributed by atoms with Crippen LogP contribution in [0.5, 0.6) is 5.75 Å². The van der Waals surface area contributed by atoms with Crippen LogP contribution >= 0.6 is 23.2 Å². The number of para-hydroxylation sites is 1. The zero-order valence-corrected chi connectivity index (χ0v) is 13.4. The van der Waals surface area contributed by atoms with E-state index in [-0.39, 0.29) is 0 Å². The summed E-state index contributed by atoms with van der Waals surface area (Å²) in [5.74, 6) is -0.568. The Morgan fingerprint density at radius 1 is 1.26 bits per heavy atom. The Morgan fingerprint density at radius 3 is 2.83 bits per heavy atom. The van der Waals surface area contributed by atoms with E-state index in [4.69, 9.17) is 33.0 Å². The fraction of sp³-hybridized carbons (Fsp3) is 0.125. The van der Waals surface area contributed by atoms with Gasteiger partial charge in [-0.25, -0.2) is 9.78 Å². The quantitative estimate of drug-likeness (QED) is 0.758. The Morgan fingerprint density at radius 2 is 2.09 bits per heavy atom. The summed E-state index contributed by atoms with van der Waals surface area (Å²) in [4.78, 5) is 15.0. The van der Waals surface area contributed by atoms with Crippen LogP contribution < -0.4 is 4.74 Å². The predicted molar refractivity (Wildman–Crippen MR) is 88.4 cm³/mol. The van der Waals surface area contributed by atoms with Gasteiger partial charge in [-0.2, -0.15) is 0 Å². The number of hydrogen-bond acceptors (Lipinski definition) is 3. The molecule has 0 saturated heterocycles. The largest absolute Gasteiger partial charge is 0.480 e. The van der Waals surface area contributed by atoms with Gasteiger partial charge < -0.3 is 14.4 Å². The number of aromatic nitrogens is 2. The summed E-state index contributed by atoms with van der Waals surface area (Å²) in [5, 5.41) is 9.91. The van der Waals surface area contributed by atoms with Crippen molar-refractivity contribution in [3.05, 3.63) is 58.3 Å². The molecule has 0 aliphatic rings. The second kappa shape index (κ2) is 6.48. The van der Waals surface area contributed by atoms with Crippen LogP contribution in [0.3, 0.4) is 0 Å². The van der Waals surface area contributed by atoms with Crippen molar-refractivity contribution in [1.82, 2.24) is 9.55 Å². The number of halogens is 2. The topological polar surface area (TPSA) is 64.3 Å². The smallest absolute Gasteiger partial charge is 0.341 e. The van der Waals surface area contributed by atoms with Crippen LogP contribution in [0, 0.1) is 0 Å². The summed E-state index contributed by atoms with van der Waals surface area (Å²) in [7, 11) is 0. The van der Waals surface area contributed by atoms with Gasteiger partial charge in [0, 0.05) is 10.0 Å². The number of benzene rings is 2. The van der Waals surface area contributed by atoms with Crippen LogP contribution in [0.25, 0.3) is 11.0 Å². The molecule has 5 nitrogen and oxygen atoms in total. The molecule has 0 unspecified atom stereocenters. The SMILES string of the molecule is O=C(O)COc1cccc2ncn(Cc3ccc(Cl)cc3Cl)c12. The average Bonchev–Trinajstić information content (AvgIpc) is 2.91. The van der Waals surface area contributed by atoms with Gasteiger partial charge in [-0.15, -0.1) is 0 Å². The summed E-state index contributed by atoms with van der Waals surface area (Å²) in [6, 6.07) is 10.6. The second-order valence-corrected chi connectivity index (χ2v) is 5.76. The van der Waals surface area contributed by atoms with E-state index in [0.717, 1.165) is 16.6 Å². The van der Waals surface area contributed by atoms with Crippen molar-refractivity contribution >= 4 is 40.2 Å². The molecule has 0 aliphatic heterocycles. The third-order valence-corrected chi connectivity index (χ3v) is 3.90. The van der Waals surface area contributed by atoms with Crippen molar-refractivity contribution in [3.63, 3.8) is 0 Å². The predicted octanol–water partition coefficient (Wildman–Crippen LogP) is 3.85. The standard InChI is InChI=1S/C16H12Cl2N2O3/c17-11-5-4-10(12(18)6-11)7-20-9-19-13-2-1-3-14(16(13)20)23-8-15(21)22/h1-6,9H,7-8H2,(H,21,22). The van der Waals surface area contributed by atoms with Crippen LogP contribution in [0.1, 0.15) is 5.56 Å². The third-order valence-electron chi connectivity index (χ3n) is 3.31. The van der Waals surface area contributed by atoms with Crippen LogP contribution in [-0.2, 0) is 11.3 Å². The molecule has 0 atom stereocenters. The van der Waals surface area contributed by atoms with Crippen LogP contribution in [0.15, 0.2) is 42.7 Å². The molecule has 0 saturated carbocycles. The van der Waals surface area contributed by atoms with Crippen molar-refractivity contribution < 1.29 is 14.6 Å². The van der Waals surface area contributed by atoms with Gasteiger partial charge in [0.05, 0.1) is 18.4 Å². The number of carboxylic acid groups (broad SMARTS) is 1.